The van der Waals surface area contributed by atoms with Gasteiger partial charge in [-0.2, -0.15) is 5.26 Å². The van der Waals surface area contributed by atoms with E-state index in [0.717, 1.165) is 25.9 Å². The van der Waals surface area contributed by atoms with Gasteiger partial charge < -0.3 is 20.9 Å². The van der Waals surface area contributed by atoms with Gasteiger partial charge in [0.25, 0.3) is 0 Å². The van der Waals surface area contributed by atoms with E-state index in [4.69, 9.17) is 20.9 Å². The molecule has 33 heavy (non-hydrogen) atoms. The molecular weight excluding hydrogens is 422 g/mol. The Bertz CT molecular complexity index is 1320. The van der Waals surface area contributed by atoms with E-state index in [1.165, 1.54) is 4.90 Å². The second-order valence-corrected chi connectivity index (χ2v) is 8.09. The Hall–Kier alpha value is -4.26. The van der Waals surface area contributed by atoms with Crippen molar-refractivity contribution in [3.8, 4) is 17.6 Å². The lowest BCUT2D eigenvalue weighted by Crippen LogP contribution is -2.29. The minimum absolute atomic E-state index is 0.0657. The van der Waals surface area contributed by atoms with Crippen LogP contribution in [0.4, 0.5) is 29.0 Å². The smallest absolute Gasteiger partial charge is 0.240 e. The van der Waals surface area contributed by atoms with Crippen LogP contribution in [0.3, 0.4) is 0 Å². The lowest BCUT2D eigenvalue weighted by atomic mass is 10.0. The number of aromatic amines is 1. The summed E-state index contributed by atoms with van der Waals surface area (Å²) in [5.74, 6) is 2.39. The lowest BCUT2D eigenvalue weighted by Gasteiger charge is -2.20. The Morgan fingerprint density at radius 3 is 2.36 bits per heavy atom. The number of anilines is 5. The van der Waals surface area contributed by atoms with Crippen molar-refractivity contribution in [3.63, 3.8) is 0 Å². The molecule has 5 rings (SSSR count). The average Bonchev–Trinajstić information content (AvgIpc) is 3.46. The molecule has 3 aromatic rings. The molecule has 0 saturated carbocycles. The van der Waals surface area contributed by atoms with E-state index in [0.29, 0.717) is 56.5 Å². The first-order valence-corrected chi connectivity index (χ1v) is 10.6. The van der Waals surface area contributed by atoms with Crippen LogP contribution in [-0.2, 0) is 11.2 Å². The zero-order valence-corrected chi connectivity index (χ0v) is 18.4. The molecule has 1 amide bonds. The highest BCUT2D eigenvalue weighted by Gasteiger charge is 2.37. The second kappa shape index (κ2) is 7.70. The largest absolute Gasteiger partial charge is 0.497 e. The highest BCUT2D eigenvalue weighted by molar-refractivity contribution is 6.15. The zero-order valence-electron chi connectivity index (χ0n) is 18.4. The van der Waals surface area contributed by atoms with Crippen molar-refractivity contribution in [1.82, 2.24) is 4.98 Å². The summed E-state index contributed by atoms with van der Waals surface area (Å²) in [6.07, 6.45) is 2.14. The van der Waals surface area contributed by atoms with Crippen molar-refractivity contribution in [3.05, 3.63) is 29.3 Å². The highest BCUT2D eigenvalue weighted by atomic mass is 16.5. The number of nitrogen functional groups attached to an aromatic ring is 2. The Balaban J connectivity index is 1.78. The number of pyridine rings is 2. The number of hydrogen-bond donors (Lipinski definition) is 2. The molecule has 2 aliphatic heterocycles. The summed E-state index contributed by atoms with van der Waals surface area (Å²) in [5.41, 5.74) is 14.3. The number of benzene rings is 1. The fourth-order valence-electron chi connectivity index (χ4n) is 4.72. The molecule has 2 aliphatic rings. The molecule has 168 valence electrons. The van der Waals surface area contributed by atoms with Crippen molar-refractivity contribution in [2.75, 3.05) is 48.6 Å². The van der Waals surface area contributed by atoms with Gasteiger partial charge in [0.15, 0.2) is 0 Å². The van der Waals surface area contributed by atoms with E-state index in [1.54, 1.807) is 32.4 Å². The molecule has 0 unspecified atom stereocenters. The predicted octanol–water partition coefficient (Wildman–Crippen LogP) is 1.92. The first kappa shape index (κ1) is 20.6. The number of amides is 1. The summed E-state index contributed by atoms with van der Waals surface area (Å²) in [6.45, 7) is 1.65. The summed E-state index contributed by atoms with van der Waals surface area (Å²) in [7, 11) is 3.08. The minimum Gasteiger partial charge on any atom is -0.497 e. The molecule has 1 aromatic carbocycles. The summed E-state index contributed by atoms with van der Waals surface area (Å²) in [4.78, 5) is 24.5. The van der Waals surface area contributed by atoms with Gasteiger partial charge in [-0.25, -0.2) is 9.97 Å². The molecule has 0 aliphatic carbocycles. The highest BCUT2D eigenvalue weighted by Crippen LogP contribution is 2.44. The number of rotatable bonds is 4. The SMILES string of the molecule is COc1cc(OC)cc(N2C(=O)Cc3c2nc(N)c2c(N)[nH+]c(N4CCCC4)c(C#N)c32)c1. The predicted molar refractivity (Wildman–Crippen MR) is 124 cm³/mol. The Morgan fingerprint density at radius 2 is 1.76 bits per heavy atom. The van der Waals surface area contributed by atoms with Crippen LogP contribution in [0.15, 0.2) is 18.2 Å². The van der Waals surface area contributed by atoms with Crippen molar-refractivity contribution in [2.24, 2.45) is 0 Å². The monoisotopic (exact) mass is 446 g/mol. The van der Waals surface area contributed by atoms with E-state index in [2.05, 4.69) is 20.9 Å². The number of fused-ring (bicyclic) bond motifs is 3. The first-order chi connectivity index (χ1) is 16.0. The van der Waals surface area contributed by atoms with Gasteiger partial charge in [-0.3, -0.25) is 14.6 Å². The van der Waals surface area contributed by atoms with Crippen LogP contribution in [0.25, 0.3) is 10.8 Å². The topological polar surface area (TPSA) is 145 Å². The second-order valence-electron chi connectivity index (χ2n) is 8.09. The standard InChI is InChI=1S/C23H23N7O3/c1-32-13-7-12(8-14(9-13)33-2)30-17(31)10-15-18-16(11-24)22(29-5-3-4-6-29)27-20(25)19(18)21(26)28-23(15)30/h7-9H,3-6,10H2,1-2H3,(H2,25,27)(H2,26,28)/p+1. The van der Waals surface area contributed by atoms with Crippen molar-refractivity contribution in [2.45, 2.75) is 19.3 Å². The number of nitriles is 1. The van der Waals surface area contributed by atoms with E-state index < -0.39 is 0 Å². The van der Waals surface area contributed by atoms with Gasteiger partial charge in [-0.15, -0.1) is 0 Å². The molecule has 1 saturated heterocycles. The Labute approximate surface area is 190 Å². The third kappa shape index (κ3) is 3.12. The molecular formula is C23H24N7O3+. The number of hydrogen-bond acceptors (Lipinski definition) is 8. The van der Waals surface area contributed by atoms with Crippen molar-refractivity contribution >= 4 is 45.6 Å². The Morgan fingerprint density at radius 1 is 1.09 bits per heavy atom. The summed E-state index contributed by atoms with van der Waals surface area (Å²) < 4.78 is 10.7. The normalized spacial score (nSPS) is 15.1. The number of nitrogens with two attached hydrogens (primary N) is 2. The minimum atomic E-state index is -0.197. The van der Waals surface area contributed by atoms with Gasteiger partial charge in [0.1, 0.15) is 34.8 Å². The van der Waals surface area contributed by atoms with Crippen molar-refractivity contribution in [1.29, 1.82) is 5.26 Å². The maximum atomic E-state index is 13.2. The van der Waals surface area contributed by atoms with Crippen LogP contribution in [0.1, 0.15) is 24.0 Å². The fourth-order valence-corrected chi connectivity index (χ4v) is 4.72. The molecule has 0 atom stereocenters. The molecule has 4 heterocycles. The third-order valence-electron chi connectivity index (χ3n) is 6.23. The molecule has 5 N–H and O–H groups in total. The molecule has 0 spiro atoms. The van der Waals surface area contributed by atoms with Crippen LogP contribution >= 0.6 is 0 Å². The van der Waals surface area contributed by atoms with E-state index in [9.17, 15) is 10.1 Å². The summed E-state index contributed by atoms with van der Waals surface area (Å²) >= 11 is 0. The number of nitrogens with zero attached hydrogens (tertiary/aromatic N) is 4. The molecule has 1 fully saturated rings. The molecule has 0 bridgehead atoms. The van der Waals surface area contributed by atoms with E-state index in [1.807, 2.05) is 0 Å². The van der Waals surface area contributed by atoms with Gasteiger partial charge in [-0.05, 0) is 12.8 Å². The molecule has 10 heteroatoms. The average molecular weight is 446 g/mol. The fraction of sp³-hybridized carbons (Fsp3) is 0.304. The zero-order chi connectivity index (χ0) is 23.3. The van der Waals surface area contributed by atoms with E-state index in [-0.39, 0.29) is 18.1 Å². The summed E-state index contributed by atoms with van der Waals surface area (Å²) in [6, 6.07) is 7.50. The number of nitrogens with one attached hydrogen (secondary N) is 1. The molecule has 0 radical (unpaired) electrons. The first-order valence-electron chi connectivity index (χ1n) is 10.6. The van der Waals surface area contributed by atoms with Gasteiger partial charge in [0.2, 0.25) is 17.5 Å². The number of methoxy groups -OCH3 is 2. The maximum Gasteiger partial charge on any atom is 0.240 e. The van der Waals surface area contributed by atoms with E-state index >= 15 is 0 Å². The molecule has 10 nitrogen and oxygen atoms in total. The number of aromatic nitrogens is 2. The van der Waals surface area contributed by atoms with Gasteiger partial charge >= 0.3 is 0 Å². The number of H-pyrrole nitrogens is 1. The van der Waals surface area contributed by atoms with Crippen LogP contribution in [0, 0.1) is 11.3 Å². The quantitative estimate of drug-likeness (QED) is 0.618. The van der Waals surface area contributed by atoms with Gasteiger partial charge in [0.05, 0.1) is 44.8 Å². The van der Waals surface area contributed by atoms with Gasteiger partial charge in [0, 0.05) is 29.1 Å². The Kier molecular flexibility index (Phi) is 4.82. The van der Waals surface area contributed by atoms with Crippen LogP contribution in [0.5, 0.6) is 11.5 Å². The number of carbonyl (C=O) groups is 1. The summed E-state index contributed by atoms with van der Waals surface area (Å²) in [5, 5.41) is 11.2. The van der Waals surface area contributed by atoms with Crippen LogP contribution in [0.2, 0.25) is 0 Å². The maximum absolute atomic E-state index is 13.2. The van der Waals surface area contributed by atoms with Crippen LogP contribution < -0.4 is 35.7 Å². The number of carbonyl (C=O) groups excluding carboxylic acids is 1. The number of ether oxygens (including phenoxy) is 2. The van der Waals surface area contributed by atoms with Crippen molar-refractivity contribution < 1.29 is 19.3 Å². The van der Waals surface area contributed by atoms with Gasteiger partial charge in [-0.1, -0.05) is 0 Å². The molecule has 2 aromatic heterocycles. The third-order valence-corrected chi connectivity index (χ3v) is 6.23. The lowest BCUT2D eigenvalue weighted by molar-refractivity contribution is -0.344. The van der Waals surface area contributed by atoms with Crippen LogP contribution in [-0.4, -0.2) is 38.2 Å².